The average Bonchev–Trinajstić information content (AvgIpc) is 3.32. The maximum atomic E-state index is 12.5. The van der Waals surface area contributed by atoms with E-state index in [1.54, 1.807) is 19.1 Å². The molecule has 0 amide bonds. The molecule has 24 heavy (non-hydrogen) atoms. The number of carbonyl (C=O) groups excluding carboxylic acids is 2. The van der Waals surface area contributed by atoms with Crippen LogP contribution >= 0.6 is 0 Å². The molecule has 0 bridgehead atoms. The standard InChI is InChI=1S/C20H23NO3/c1-12-5-7-16(8-6-12)19(22)15(4)24-20(23)18-11-13(2)21(14(18)3)17-9-10-17/h5-8,11,15,17H,9-10H2,1-4H3/t15-/m0/s1. The Labute approximate surface area is 142 Å². The molecule has 4 heteroatoms. The Morgan fingerprint density at radius 1 is 1.12 bits per heavy atom. The zero-order valence-corrected chi connectivity index (χ0v) is 14.6. The molecule has 1 heterocycles. The van der Waals surface area contributed by atoms with Gasteiger partial charge in [0.05, 0.1) is 5.56 Å². The molecule has 1 atom stereocenters. The average molecular weight is 325 g/mol. The van der Waals surface area contributed by atoms with Crippen molar-refractivity contribution in [2.45, 2.75) is 52.7 Å². The fraction of sp³-hybridized carbons (Fsp3) is 0.400. The van der Waals surface area contributed by atoms with Gasteiger partial charge in [-0.25, -0.2) is 4.79 Å². The van der Waals surface area contributed by atoms with Gasteiger partial charge in [0.1, 0.15) is 0 Å². The van der Waals surface area contributed by atoms with Crippen LogP contribution in [0.2, 0.25) is 0 Å². The monoisotopic (exact) mass is 325 g/mol. The number of hydrogen-bond donors (Lipinski definition) is 0. The topological polar surface area (TPSA) is 48.3 Å². The fourth-order valence-corrected chi connectivity index (χ4v) is 3.11. The van der Waals surface area contributed by atoms with Crippen molar-refractivity contribution in [3.05, 3.63) is 58.4 Å². The predicted octanol–water partition coefficient (Wildman–Crippen LogP) is 4.18. The lowest BCUT2D eigenvalue weighted by molar-refractivity contribution is 0.0318. The Balaban J connectivity index is 1.73. The molecule has 0 unspecified atom stereocenters. The number of ether oxygens (including phenoxy) is 1. The van der Waals surface area contributed by atoms with Gasteiger partial charge in [-0.3, -0.25) is 4.79 Å². The first-order valence-electron chi connectivity index (χ1n) is 8.38. The van der Waals surface area contributed by atoms with Crippen LogP contribution in [-0.2, 0) is 4.74 Å². The molecule has 1 aromatic carbocycles. The fourth-order valence-electron chi connectivity index (χ4n) is 3.11. The van der Waals surface area contributed by atoms with Crippen LogP contribution in [0.15, 0.2) is 30.3 Å². The van der Waals surface area contributed by atoms with Gasteiger partial charge in [0.15, 0.2) is 6.10 Å². The summed E-state index contributed by atoms with van der Waals surface area (Å²) in [6.07, 6.45) is 1.52. The van der Waals surface area contributed by atoms with Gasteiger partial charge in [-0.1, -0.05) is 29.8 Å². The van der Waals surface area contributed by atoms with E-state index in [4.69, 9.17) is 4.74 Å². The SMILES string of the molecule is Cc1ccc(C(=O)[C@H](C)OC(=O)c2cc(C)n(C3CC3)c2C)cc1. The summed E-state index contributed by atoms with van der Waals surface area (Å²) in [5, 5.41) is 0. The Morgan fingerprint density at radius 3 is 2.33 bits per heavy atom. The van der Waals surface area contributed by atoms with Crippen LogP contribution < -0.4 is 0 Å². The molecule has 1 aliphatic carbocycles. The Hall–Kier alpha value is -2.36. The normalized spacial score (nSPS) is 15.2. The Bertz CT molecular complexity index is 782. The highest BCUT2D eigenvalue weighted by Gasteiger charge is 2.29. The molecule has 0 aliphatic heterocycles. The molecular weight excluding hydrogens is 302 g/mol. The van der Waals surface area contributed by atoms with Crippen LogP contribution in [0, 0.1) is 20.8 Å². The minimum absolute atomic E-state index is 0.181. The maximum Gasteiger partial charge on any atom is 0.340 e. The first-order chi connectivity index (χ1) is 11.4. The highest BCUT2D eigenvalue weighted by Crippen LogP contribution is 2.38. The quantitative estimate of drug-likeness (QED) is 0.612. The zero-order valence-electron chi connectivity index (χ0n) is 14.6. The number of aromatic nitrogens is 1. The number of rotatable bonds is 5. The van der Waals surface area contributed by atoms with Crippen LogP contribution in [-0.4, -0.2) is 22.4 Å². The van der Waals surface area contributed by atoms with Gasteiger partial charge in [0.25, 0.3) is 0 Å². The van der Waals surface area contributed by atoms with Crippen molar-refractivity contribution in [3.8, 4) is 0 Å². The van der Waals surface area contributed by atoms with E-state index in [1.807, 2.05) is 39.0 Å². The van der Waals surface area contributed by atoms with E-state index in [0.29, 0.717) is 17.2 Å². The second kappa shape index (κ2) is 6.27. The minimum atomic E-state index is -0.802. The molecule has 1 aliphatic rings. The Morgan fingerprint density at radius 2 is 1.75 bits per heavy atom. The van der Waals surface area contributed by atoms with Crippen LogP contribution in [0.25, 0.3) is 0 Å². The van der Waals surface area contributed by atoms with Crippen molar-refractivity contribution in [2.24, 2.45) is 0 Å². The number of hydrogen-bond acceptors (Lipinski definition) is 3. The van der Waals surface area contributed by atoms with Gasteiger partial charge in [0, 0.05) is 23.0 Å². The smallest absolute Gasteiger partial charge is 0.340 e. The minimum Gasteiger partial charge on any atom is -0.451 e. The van der Waals surface area contributed by atoms with Crippen LogP contribution in [0.4, 0.5) is 0 Å². The molecule has 1 aromatic heterocycles. The molecule has 0 saturated heterocycles. The van der Waals surface area contributed by atoms with Gasteiger partial charge in [-0.2, -0.15) is 0 Å². The molecule has 2 aromatic rings. The highest BCUT2D eigenvalue weighted by molar-refractivity contribution is 6.01. The molecule has 1 fully saturated rings. The van der Waals surface area contributed by atoms with Gasteiger partial charge in [-0.05, 0) is 46.6 Å². The number of ketones is 1. The summed E-state index contributed by atoms with van der Waals surface area (Å²) in [5.74, 6) is -0.609. The van der Waals surface area contributed by atoms with E-state index < -0.39 is 12.1 Å². The largest absolute Gasteiger partial charge is 0.451 e. The van der Waals surface area contributed by atoms with Crippen molar-refractivity contribution in [1.82, 2.24) is 4.57 Å². The molecule has 0 N–H and O–H groups in total. The van der Waals surface area contributed by atoms with Crippen LogP contribution in [0.5, 0.6) is 0 Å². The van der Waals surface area contributed by atoms with E-state index >= 15 is 0 Å². The summed E-state index contributed by atoms with van der Waals surface area (Å²) < 4.78 is 7.63. The first-order valence-corrected chi connectivity index (χ1v) is 8.38. The number of esters is 1. The van der Waals surface area contributed by atoms with Crippen molar-refractivity contribution in [1.29, 1.82) is 0 Å². The van der Waals surface area contributed by atoms with Gasteiger partial charge in [-0.15, -0.1) is 0 Å². The van der Waals surface area contributed by atoms with Crippen molar-refractivity contribution >= 4 is 11.8 Å². The lowest BCUT2D eigenvalue weighted by atomic mass is 10.1. The third kappa shape index (κ3) is 3.14. The number of carbonyl (C=O) groups is 2. The summed E-state index contributed by atoms with van der Waals surface area (Å²) in [7, 11) is 0. The number of Topliss-reactive ketones (excluding diaryl/α,β-unsaturated/α-hetero) is 1. The molecular formula is C20H23NO3. The lowest BCUT2D eigenvalue weighted by Crippen LogP contribution is -2.24. The van der Waals surface area contributed by atoms with Crippen molar-refractivity contribution < 1.29 is 14.3 Å². The van der Waals surface area contributed by atoms with Crippen LogP contribution in [0.1, 0.15) is 63.5 Å². The predicted molar refractivity (Wildman–Crippen MR) is 92.6 cm³/mol. The molecule has 1 saturated carbocycles. The van der Waals surface area contributed by atoms with Crippen molar-refractivity contribution in [3.63, 3.8) is 0 Å². The zero-order chi connectivity index (χ0) is 17.4. The molecule has 126 valence electrons. The third-order valence-electron chi connectivity index (χ3n) is 4.61. The molecule has 4 nitrogen and oxygen atoms in total. The summed E-state index contributed by atoms with van der Waals surface area (Å²) in [6, 6.07) is 9.66. The van der Waals surface area contributed by atoms with Gasteiger partial charge >= 0.3 is 5.97 Å². The molecule has 0 spiro atoms. The number of nitrogens with zero attached hydrogens (tertiary/aromatic N) is 1. The third-order valence-corrected chi connectivity index (χ3v) is 4.61. The Kier molecular flexibility index (Phi) is 4.31. The van der Waals surface area contributed by atoms with Crippen molar-refractivity contribution in [2.75, 3.05) is 0 Å². The second-order valence-corrected chi connectivity index (χ2v) is 6.66. The van der Waals surface area contributed by atoms with E-state index in [1.165, 1.54) is 0 Å². The first kappa shape index (κ1) is 16.5. The maximum absolute atomic E-state index is 12.5. The highest BCUT2D eigenvalue weighted by atomic mass is 16.5. The van der Waals surface area contributed by atoms with E-state index in [0.717, 1.165) is 29.8 Å². The van der Waals surface area contributed by atoms with E-state index in [9.17, 15) is 9.59 Å². The summed E-state index contributed by atoms with van der Waals surface area (Å²) in [4.78, 5) is 24.9. The lowest BCUT2D eigenvalue weighted by Gasteiger charge is -2.13. The summed E-state index contributed by atoms with van der Waals surface area (Å²) in [6.45, 7) is 7.53. The van der Waals surface area contributed by atoms with Gasteiger partial charge in [0.2, 0.25) is 5.78 Å². The second-order valence-electron chi connectivity index (χ2n) is 6.66. The number of aryl methyl sites for hydroxylation is 2. The molecule has 0 radical (unpaired) electrons. The van der Waals surface area contributed by atoms with Gasteiger partial charge < -0.3 is 9.30 Å². The molecule has 3 rings (SSSR count). The van der Waals surface area contributed by atoms with E-state index in [-0.39, 0.29) is 5.78 Å². The van der Waals surface area contributed by atoms with E-state index in [2.05, 4.69) is 4.57 Å². The van der Waals surface area contributed by atoms with Crippen LogP contribution in [0.3, 0.4) is 0 Å². The summed E-state index contributed by atoms with van der Waals surface area (Å²) >= 11 is 0. The summed E-state index contributed by atoms with van der Waals surface area (Å²) in [5.41, 5.74) is 4.20. The number of benzene rings is 1.